The van der Waals surface area contributed by atoms with Gasteiger partial charge in [-0.05, 0) is 19.8 Å². The highest BCUT2D eigenvalue weighted by atomic mass is 16.6. The first-order valence-electron chi connectivity index (χ1n) is 5.63. The van der Waals surface area contributed by atoms with E-state index in [2.05, 4.69) is 0 Å². The number of allylic oxidation sites excluding steroid dienone is 2. The van der Waals surface area contributed by atoms with Gasteiger partial charge in [0, 0.05) is 6.42 Å². The van der Waals surface area contributed by atoms with Crippen LogP contribution < -0.4 is 0 Å². The summed E-state index contributed by atoms with van der Waals surface area (Å²) in [5.41, 5.74) is 0. The van der Waals surface area contributed by atoms with E-state index in [-0.39, 0.29) is 11.9 Å². The summed E-state index contributed by atoms with van der Waals surface area (Å²) in [6, 6.07) is 0. The normalized spacial score (nSPS) is 22.1. The van der Waals surface area contributed by atoms with Crippen LogP contribution in [0.25, 0.3) is 0 Å². The Hall–Kier alpha value is -1.32. The highest BCUT2D eigenvalue weighted by Gasteiger charge is 2.31. The quantitative estimate of drug-likeness (QED) is 0.530. The molecule has 4 heteroatoms. The van der Waals surface area contributed by atoms with Crippen molar-refractivity contribution in [3.8, 4) is 0 Å². The number of carbonyl (C=O) groups is 2. The molecule has 1 aliphatic rings. The SMILES string of the molecule is CC=CCCC(C)C(=O)OC1CCOC1=O. The van der Waals surface area contributed by atoms with Crippen LogP contribution in [-0.4, -0.2) is 24.6 Å². The van der Waals surface area contributed by atoms with Gasteiger partial charge in [-0.2, -0.15) is 0 Å². The Morgan fingerprint density at radius 2 is 2.44 bits per heavy atom. The van der Waals surface area contributed by atoms with Crippen molar-refractivity contribution in [3.05, 3.63) is 12.2 Å². The van der Waals surface area contributed by atoms with Gasteiger partial charge in [-0.15, -0.1) is 0 Å². The van der Waals surface area contributed by atoms with Crippen LogP contribution in [-0.2, 0) is 19.1 Å². The van der Waals surface area contributed by atoms with Crippen molar-refractivity contribution in [1.82, 2.24) is 0 Å². The lowest BCUT2D eigenvalue weighted by molar-refractivity contribution is -0.163. The maximum atomic E-state index is 11.6. The Morgan fingerprint density at radius 3 is 3.00 bits per heavy atom. The molecule has 0 aromatic carbocycles. The minimum Gasteiger partial charge on any atom is -0.463 e. The van der Waals surface area contributed by atoms with Crippen molar-refractivity contribution in [2.75, 3.05) is 6.61 Å². The Balaban J connectivity index is 2.30. The Morgan fingerprint density at radius 1 is 1.69 bits per heavy atom. The molecular formula is C12H18O4. The summed E-state index contributed by atoms with van der Waals surface area (Å²) in [6.07, 6.45) is 5.34. The van der Waals surface area contributed by atoms with Crippen molar-refractivity contribution < 1.29 is 19.1 Å². The smallest absolute Gasteiger partial charge is 0.347 e. The fourth-order valence-electron chi connectivity index (χ4n) is 1.47. The van der Waals surface area contributed by atoms with Gasteiger partial charge in [0.25, 0.3) is 0 Å². The van der Waals surface area contributed by atoms with Gasteiger partial charge < -0.3 is 9.47 Å². The molecule has 2 unspecified atom stereocenters. The summed E-state index contributed by atoms with van der Waals surface area (Å²) in [5.74, 6) is -0.910. The number of cyclic esters (lactones) is 1. The standard InChI is InChI=1S/C12H18O4/c1-3-4-5-6-9(2)11(13)16-10-7-8-15-12(10)14/h3-4,9-10H,5-8H2,1-2H3. The molecular weight excluding hydrogens is 208 g/mol. The van der Waals surface area contributed by atoms with Crippen LogP contribution in [0.3, 0.4) is 0 Å². The first-order valence-corrected chi connectivity index (χ1v) is 5.63. The van der Waals surface area contributed by atoms with Gasteiger partial charge in [-0.25, -0.2) is 4.79 Å². The van der Waals surface area contributed by atoms with Crippen LogP contribution >= 0.6 is 0 Å². The highest BCUT2D eigenvalue weighted by Crippen LogP contribution is 2.15. The van der Waals surface area contributed by atoms with Crippen molar-refractivity contribution >= 4 is 11.9 Å². The van der Waals surface area contributed by atoms with E-state index in [1.54, 1.807) is 0 Å². The van der Waals surface area contributed by atoms with Gasteiger partial charge in [0.05, 0.1) is 12.5 Å². The van der Waals surface area contributed by atoms with Gasteiger partial charge in [0.2, 0.25) is 6.10 Å². The molecule has 0 saturated carbocycles. The number of carbonyl (C=O) groups excluding carboxylic acids is 2. The van der Waals surface area contributed by atoms with Crippen LogP contribution in [0.5, 0.6) is 0 Å². The van der Waals surface area contributed by atoms with E-state index in [4.69, 9.17) is 9.47 Å². The monoisotopic (exact) mass is 226 g/mol. The average molecular weight is 226 g/mol. The predicted molar refractivity (Wildman–Crippen MR) is 58.7 cm³/mol. The molecule has 0 radical (unpaired) electrons. The van der Waals surface area contributed by atoms with Gasteiger partial charge in [-0.3, -0.25) is 4.79 Å². The maximum Gasteiger partial charge on any atom is 0.347 e. The van der Waals surface area contributed by atoms with E-state index < -0.39 is 12.1 Å². The van der Waals surface area contributed by atoms with Crippen molar-refractivity contribution in [1.29, 1.82) is 0 Å². The Kier molecular flexibility index (Phi) is 5.02. The van der Waals surface area contributed by atoms with Gasteiger partial charge in [-0.1, -0.05) is 19.1 Å². The number of hydrogen-bond acceptors (Lipinski definition) is 4. The Labute approximate surface area is 95.6 Å². The van der Waals surface area contributed by atoms with Crippen molar-refractivity contribution in [3.63, 3.8) is 0 Å². The molecule has 0 aliphatic carbocycles. The third-order valence-corrected chi connectivity index (χ3v) is 2.55. The van der Waals surface area contributed by atoms with Crippen LogP contribution in [0.15, 0.2) is 12.2 Å². The van der Waals surface area contributed by atoms with E-state index in [9.17, 15) is 9.59 Å². The molecule has 1 fully saturated rings. The molecule has 1 heterocycles. The zero-order valence-corrected chi connectivity index (χ0v) is 9.77. The van der Waals surface area contributed by atoms with Gasteiger partial charge in [0.15, 0.2) is 0 Å². The second kappa shape index (κ2) is 6.30. The van der Waals surface area contributed by atoms with Crippen molar-refractivity contribution in [2.45, 2.75) is 39.2 Å². The number of ether oxygens (including phenoxy) is 2. The van der Waals surface area contributed by atoms with Crippen LogP contribution in [0.1, 0.15) is 33.1 Å². The molecule has 90 valence electrons. The fourth-order valence-corrected chi connectivity index (χ4v) is 1.47. The van der Waals surface area contributed by atoms with Crippen LogP contribution in [0.2, 0.25) is 0 Å². The van der Waals surface area contributed by atoms with E-state index in [1.807, 2.05) is 26.0 Å². The summed E-state index contributed by atoms with van der Waals surface area (Å²) < 4.78 is 9.80. The molecule has 0 spiro atoms. The average Bonchev–Trinajstić information content (AvgIpc) is 2.64. The second-order valence-corrected chi connectivity index (χ2v) is 3.93. The van der Waals surface area contributed by atoms with Gasteiger partial charge in [0.1, 0.15) is 0 Å². The maximum absolute atomic E-state index is 11.6. The molecule has 0 amide bonds. The molecule has 1 aliphatic heterocycles. The molecule has 4 nitrogen and oxygen atoms in total. The predicted octanol–water partition coefficient (Wildman–Crippen LogP) is 1.84. The van der Waals surface area contributed by atoms with E-state index >= 15 is 0 Å². The first kappa shape index (κ1) is 12.7. The third-order valence-electron chi connectivity index (χ3n) is 2.55. The molecule has 0 aromatic heterocycles. The second-order valence-electron chi connectivity index (χ2n) is 3.93. The highest BCUT2D eigenvalue weighted by molar-refractivity contribution is 5.81. The Bertz CT molecular complexity index is 283. The summed E-state index contributed by atoms with van der Waals surface area (Å²) in [7, 11) is 0. The zero-order chi connectivity index (χ0) is 12.0. The lowest BCUT2D eigenvalue weighted by Gasteiger charge is -2.12. The molecule has 0 aromatic rings. The lowest BCUT2D eigenvalue weighted by Crippen LogP contribution is -2.26. The molecule has 1 rings (SSSR count). The van der Waals surface area contributed by atoms with Gasteiger partial charge >= 0.3 is 11.9 Å². The van der Waals surface area contributed by atoms with Crippen LogP contribution in [0, 0.1) is 5.92 Å². The summed E-state index contributed by atoms with van der Waals surface area (Å²) in [6.45, 7) is 4.10. The number of rotatable bonds is 5. The molecule has 0 bridgehead atoms. The van der Waals surface area contributed by atoms with E-state index in [0.29, 0.717) is 13.0 Å². The molecule has 1 saturated heterocycles. The van der Waals surface area contributed by atoms with E-state index in [1.165, 1.54) is 0 Å². The van der Waals surface area contributed by atoms with Crippen molar-refractivity contribution in [2.24, 2.45) is 5.92 Å². The third kappa shape index (κ3) is 3.68. The first-order chi connectivity index (χ1) is 7.65. The fraction of sp³-hybridized carbons (Fsp3) is 0.667. The summed E-state index contributed by atoms with van der Waals surface area (Å²) in [4.78, 5) is 22.7. The summed E-state index contributed by atoms with van der Waals surface area (Å²) in [5, 5.41) is 0. The van der Waals surface area contributed by atoms with E-state index in [0.717, 1.165) is 12.8 Å². The number of hydrogen-bond donors (Lipinski definition) is 0. The topological polar surface area (TPSA) is 52.6 Å². The molecule has 0 N–H and O–H groups in total. The molecule has 16 heavy (non-hydrogen) atoms. The van der Waals surface area contributed by atoms with Crippen LogP contribution in [0.4, 0.5) is 0 Å². The summed E-state index contributed by atoms with van der Waals surface area (Å²) >= 11 is 0. The minimum absolute atomic E-state index is 0.176. The number of esters is 2. The zero-order valence-electron chi connectivity index (χ0n) is 9.77. The largest absolute Gasteiger partial charge is 0.463 e. The minimum atomic E-state index is -0.684. The molecule has 2 atom stereocenters. The lowest BCUT2D eigenvalue weighted by atomic mass is 10.1.